The molecule has 0 unspecified atom stereocenters. The summed E-state index contributed by atoms with van der Waals surface area (Å²) < 4.78 is 62.1. The van der Waals surface area contributed by atoms with E-state index in [2.05, 4.69) is 14.8 Å². The molecular formula is C29H29N3O6S2. The van der Waals surface area contributed by atoms with E-state index in [0.717, 1.165) is 5.56 Å². The summed E-state index contributed by atoms with van der Waals surface area (Å²) in [7, 11) is -7.82. The van der Waals surface area contributed by atoms with Crippen molar-refractivity contribution in [3.05, 3.63) is 108 Å². The third-order valence-electron chi connectivity index (χ3n) is 5.85. The van der Waals surface area contributed by atoms with Gasteiger partial charge >= 0.3 is 0 Å². The molecule has 0 bridgehead atoms. The fraction of sp³-hybridized carbons (Fsp3) is 0.138. The molecule has 0 aliphatic carbocycles. The Labute approximate surface area is 234 Å². The maximum absolute atomic E-state index is 13.1. The van der Waals surface area contributed by atoms with Gasteiger partial charge in [0.1, 0.15) is 5.75 Å². The van der Waals surface area contributed by atoms with Crippen LogP contribution in [-0.2, 0) is 20.0 Å². The van der Waals surface area contributed by atoms with Crippen molar-refractivity contribution >= 4 is 43.0 Å². The third kappa shape index (κ3) is 6.99. The monoisotopic (exact) mass is 579 g/mol. The number of hydrogen-bond acceptors (Lipinski definition) is 6. The van der Waals surface area contributed by atoms with Crippen molar-refractivity contribution in [2.45, 2.75) is 30.6 Å². The number of hydrogen-bond donors (Lipinski definition) is 3. The topological polar surface area (TPSA) is 131 Å². The van der Waals surface area contributed by atoms with E-state index in [1.54, 1.807) is 55.5 Å². The highest BCUT2D eigenvalue weighted by Gasteiger charge is 2.20. The summed E-state index contributed by atoms with van der Waals surface area (Å²) in [6, 6.07) is 23.5. The smallest absolute Gasteiger partial charge is 0.262 e. The molecule has 9 nitrogen and oxygen atoms in total. The lowest BCUT2D eigenvalue weighted by atomic mass is 10.1. The van der Waals surface area contributed by atoms with Gasteiger partial charge in [0.15, 0.2) is 0 Å². The van der Waals surface area contributed by atoms with Crippen molar-refractivity contribution in [1.29, 1.82) is 0 Å². The molecule has 40 heavy (non-hydrogen) atoms. The van der Waals surface area contributed by atoms with E-state index in [-0.39, 0.29) is 15.4 Å². The Morgan fingerprint density at radius 3 is 2.02 bits per heavy atom. The predicted octanol–water partition coefficient (Wildman–Crippen LogP) is 5.56. The minimum absolute atomic E-state index is 0.00493. The molecule has 4 rings (SSSR count). The van der Waals surface area contributed by atoms with Crippen LogP contribution in [0.25, 0.3) is 0 Å². The van der Waals surface area contributed by atoms with Crippen LogP contribution in [0.2, 0.25) is 0 Å². The molecule has 0 radical (unpaired) electrons. The van der Waals surface area contributed by atoms with E-state index >= 15 is 0 Å². The molecule has 0 aliphatic heterocycles. The number of ether oxygens (including phenoxy) is 1. The second kappa shape index (κ2) is 11.8. The number of carbonyl (C=O) groups excluding carboxylic acids is 1. The van der Waals surface area contributed by atoms with Gasteiger partial charge in [0.2, 0.25) is 0 Å². The van der Waals surface area contributed by atoms with Crippen LogP contribution in [0.4, 0.5) is 17.1 Å². The van der Waals surface area contributed by atoms with E-state index in [0.29, 0.717) is 35.0 Å². The zero-order valence-corrected chi connectivity index (χ0v) is 23.8. The predicted molar refractivity (Wildman–Crippen MR) is 156 cm³/mol. The lowest BCUT2D eigenvalue weighted by Gasteiger charge is -2.13. The van der Waals surface area contributed by atoms with Gasteiger partial charge in [0.05, 0.1) is 16.4 Å². The van der Waals surface area contributed by atoms with Crippen LogP contribution >= 0.6 is 0 Å². The molecule has 0 fully saturated rings. The van der Waals surface area contributed by atoms with Gasteiger partial charge in [0, 0.05) is 22.6 Å². The molecule has 4 aromatic rings. The first-order valence-electron chi connectivity index (χ1n) is 12.3. The van der Waals surface area contributed by atoms with Crippen LogP contribution in [0, 0.1) is 13.8 Å². The second-order valence-corrected chi connectivity index (χ2v) is 12.3. The summed E-state index contributed by atoms with van der Waals surface area (Å²) in [5.41, 5.74) is 2.64. The van der Waals surface area contributed by atoms with Crippen molar-refractivity contribution in [3.8, 4) is 5.75 Å². The Morgan fingerprint density at radius 1 is 0.725 bits per heavy atom. The summed E-state index contributed by atoms with van der Waals surface area (Å²) in [6.07, 6.45) is 0. The average Bonchev–Trinajstić information content (AvgIpc) is 2.90. The number of benzene rings is 4. The van der Waals surface area contributed by atoms with Crippen molar-refractivity contribution in [2.75, 3.05) is 21.4 Å². The number of carbonyl (C=O) groups is 1. The first-order chi connectivity index (χ1) is 19.0. The van der Waals surface area contributed by atoms with Gasteiger partial charge in [-0.05, 0) is 105 Å². The fourth-order valence-corrected chi connectivity index (χ4v) is 6.25. The van der Waals surface area contributed by atoms with Crippen LogP contribution < -0.4 is 19.5 Å². The Kier molecular flexibility index (Phi) is 8.46. The van der Waals surface area contributed by atoms with Gasteiger partial charge in [-0.15, -0.1) is 0 Å². The number of anilines is 3. The minimum Gasteiger partial charge on any atom is -0.494 e. The van der Waals surface area contributed by atoms with Crippen molar-refractivity contribution in [1.82, 2.24) is 0 Å². The van der Waals surface area contributed by atoms with Gasteiger partial charge in [-0.1, -0.05) is 18.2 Å². The third-order valence-corrected chi connectivity index (χ3v) is 8.77. The number of nitrogens with one attached hydrogen (secondary N) is 3. The molecule has 0 saturated carbocycles. The van der Waals surface area contributed by atoms with Crippen molar-refractivity contribution in [2.24, 2.45) is 0 Å². The molecule has 11 heteroatoms. The number of rotatable bonds is 10. The van der Waals surface area contributed by atoms with E-state index in [1.165, 1.54) is 36.4 Å². The van der Waals surface area contributed by atoms with Crippen molar-refractivity contribution in [3.63, 3.8) is 0 Å². The van der Waals surface area contributed by atoms with Crippen LogP contribution in [0.5, 0.6) is 5.75 Å². The molecule has 0 aromatic heterocycles. The lowest BCUT2D eigenvalue weighted by Crippen LogP contribution is -2.17. The van der Waals surface area contributed by atoms with Gasteiger partial charge in [0.25, 0.3) is 26.0 Å². The number of aryl methyl sites for hydroxylation is 2. The molecule has 0 spiro atoms. The largest absolute Gasteiger partial charge is 0.494 e. The zero-order chi connectivity index (χ0) is 28.9. The molecule has 208 valence electrons. The standard InChI is InChI=1S/C29H29N3O6S2/c1-4-38-26-14-10-24(11-15-26)31-39(34,35)27-16-12-23(13-17-27)30-29(33)22-9-8-21(3)28(19-22)40(36,37)32-25-7-5-6-20(2)18-25/h5-19,31-32H,4H2,1-3H3,(H,30,33). The summed E-state index contributed by atoms with van der Waals surface area (Å²) in [4.78, 5) is 12.9. The Balaban J connectivity index is 1.47. The highest BCUT2D eigenvalue weighted by atomic mass is 32.2. The average molecular weight is 580 g/mol. The van der Waals surface area contributed by atoms with Gasteiger partial charge in [-0.2, -0.15) is 0 Å². The molecule has 4 aromatic carbocycles. The van der Waals surface area contributed by atoms with Gasteiger partial charge < -0.3 is 10.1 Å². The fourth-order valence-electron chi connectivity index (χ4n) is 3.87. The highest BCUT2D eigenvalue weighted by Crippen LogP contribution is 2.24. The molecule has 0 saturated heterocycles. The Bertz CT molecular complexity index is 1740. The molecule has 0 heterocycles. The maximum atomic E-state index is 13.1. The maximum Gasteiger partial charge on any atom is 0.262 e. The lowest BCUT2D eigenvalue weighted by molar-refractivity contribution is 0.102. The first kappa shape index (κ1) is 28.7. The number of sulfonamides is 2. The van der Waals surface area contributed by atoms with E-state index in [9.17, 15) is 21.6 Å². The normalized spacial score (nSPS) is 11.5. The number of amides is 1. The first-order valence-corrected chi connectivity index (χ1v) is 15.3. The SMILES string of the molecule is CCOc1ccc(NS(=O)(=O)c2ccc(NC(=O)c3ccc(C)c(S(=O)(=O)Nc4cccc(C)c4)c3)cc2)cc1. The highest BCUT2D eigenvalue weighted by molar-refractivity contribution is 7.93. The van der Waals surface area contributed by atoms with Crippen molar-refractivity contribution < 1.29 is 26.4 Å². The molecule has 1 amide bonds. The molecule has 3 N–H and O–H groups in total. The minimum atomic E-state index is -3.95. The van der Waals surface area contributed by atoms with Crippen LogP contribution in [0.1, 0.15) is 28.4 Å². The summed E-state index contributed by atoms with van der Waals surface area (Å²) in [6.45, 7) is 5.86. The van der Waals surface area contributed by atoms with Crippen LogP contribution in [0.15, 0.2) is 101 Å². The van der Waals surface area contributed by atoms with Crippen LogP contribution in [0.3, 0.4) is 0 Å². The summed E-state index contributed by atoms with van der Waals surface area (Å²) >= 11 is 0. The second-order valence-electron chi connectivity index (χ2n) is 9.00. The van der Waals surface area contributed by atoms with E-state index < -0.39 is 26.0 Å². The van der Waals surface area contributed by atoms with Gasteiger partial charge in [-0.25, -0.2) is 16.8 Å². The zero-order valence-electron chi connectivity index (χ0n) is 22.1. The van der Waals surface area contributed by atoms with E-state index in [4.69, 9.17) is 4.74 Å². The van der Waals surface area contributed by atoms with Crippen LogP contribution in [-0.4, -0.2) is 29.3 Å². The summed E-state index contributed by atoms with van der Waals surface area (Å²) in [5.74, 6) is 0.0847. The Morgan fingerprint density at radius 2 is 1.38 bits per heavy atom. The van der Waals surface area contributed by atoms with Gasteiger partial charge in [-0.3, -0.25) is 14.2 Å². The Hall–Kier alpha value is -4.35. The molecule has 0 atom stereocenters. The quantitative estimate of drug-likeness (QED) is 0.226. The summed E-state index contributed by atoms with van der Waals surface area (Å²) in [5, 5.41) is 2.68. The van der Waals surface area contributed by atoms with E-state index in [1.807, 2.05) is 19.9 Å². The molecule has 0 aliphatic rings. The molecular weight excluding hydrogens is 550 g/mol.